The number of nitrogens with zero attached hydrogens (tertiary/aromatic N) is 4. The van der Waals surface area contributed by atoms with Crippen molar-refractivity contribution in [2.24, 2.45) is 7.05 Å². The van der Waals surface area contributed by atoms with Crippen LogP contribution in [0.15, 0.2) is 30.6 Å². The summed E-state index contributed by atoms with van der Waals surface area (Å²) < 4.78 is 7.64. The van der Waals surface area contributed by atoms with Gasteiger partial charge in [-0.05, 0) is 31.5 Å². The van der Waals surface area contributed by atoms with Crippen LogP contribution in [0.25, 0.3) is 22.2 Å². The van der Waals surface area contributed by atoms with E-state index in [1.54, 1.807) is 0 Å². The lowest BCUT2D eigenvalue weighted by molar-refractivity contribution is 0.122. The molecule has 0 N–H and O–H groups in total. The standard InChI is InChI=1S/C19H22N4O/c1-13-11-20-14(2)21-19(13)17-12-22(3)18-10-15(4-5-16(17)18)23-6-8-24-9-7-23/h4-5,10-12H,6-9H2,1-3H3. The average molecular weight is 322 g/mol. The van der Waals surface area contributed by atoms with Crippen LogP contribution < -0.4 is 4.90 Å². The maximum Gasteiger partial charge on any atom is 0.125 e. The monoisotopic (exact) mass is 322 g/mol. The zero-order valence-electron chi connectivity index (χ0n) is 14.4. The van der Waals surface area contributed by atoms with Crippen molar-refractivity contribution in [3.8, 4) is 11.3 Å². The van der Waals surface area contributed by atoms with Gasteiger partial charge in [0.25, 0.3) is 0 Å². The Morgan fingerprint density at radius 2 is 1.92 bits per heavy atom. The SMILES string of the molecule is Cc1ncc(C)c(-c2cn(C)c3cc(N4CCOCC4)ccc23)n1. The fourth-order valence-corrected chi connectivity index (χ4v) is 3.38. The first-order valence-corrected chi connectivity index (χ1v) is 8.36. The summed E-state index contributed by atoms with van der Waals surface area (Å²) in [6, 6.07) is 6.69. The number of hydrogen-bond acceptors (Lipinski definition) is 4. The van der Waals surface area contributed by atoms with E-state index in [1.165, 1.54) is 22.2 Å². The quantitative estimate of drug-likeness (QED) is 0.727. The molecule has 3 heterocycles. The molecule has 5 nitrogen and oxygen atoms in total. The zero-order valence-corrected chi connectivity index (χ0v) is 14.4. The van der Waals surface area contributed by atoms with Gasteiger partial charge in [-0.2, -0.15) is 0 Å². The highest BCUT2D eigenvalue weighted by molar-refractivity contribution is 5.97. The predicted molar refractivity (Wildman–Crippen MR) is 96.5 cm³/mol. The maximum absolute atomic E-state index is 5.46. The highest BCUT2D eigenvalue weighted by Gasteiger charge is 2.16. The van der Waals surface area contributed by atoms with E-state index in [9.17, 15) is 0 Å². The van der Waals surface area contributed by atoms with Gasteiger partial charge in [-0.25, -0.2) is 9.97 Å². The molecule has 124 valence electrons. The van der Waals surface area contributed by atoms with Crippen molar-refractivity contribution in [2.45, 2.75) is 13.8 Å². The molecule has 1 saturated heterocycles. The minimum atomic E-state index is 0.801. The molecule has 0 saturated carbocycles. The minimum absolute atomic E-state index is 0.801. The van der Waals surface area contributed by atoms with Gasteiger partial charge in [0.15, 0.2) is 0 Å². The topological polar surface area (TPSA) is 43.2 Å². The van der Waals surface area contributed by atoms with Gasteiger partial charge in [0.2, 0.25) is 0 Å². The molecule has 0 atom stereocenters. The first-order valence-electron chi connectivity index (χ1n) is 8.36. The Morgan fingerprint density at radius 3 is 2.71 bits per heavy atom. The van der Waals surface area contributed by atoms with Gasteiger partial charge < -0.3 is 14.2 Å². The van der Waals surface area contributed by atoms with Crippen molar-refractivity contribution in [3.05, 3.63) is 42.0 Å². The first-order chi connectivity index (χ1) is 11.6. The molecule has 5 heteroatoms. The van der Waals surface area contributed by atoms with Crippen LogP contribution in [-0.2, 0) is 11.8 Å². The molecule has 1 aromatic carbocycles. The van der Waals surface area contributed by atoms with Crippen molar-refractivity contribution in [3.63, 3.8) is 0 Å². The fraction of sp³-hybridized carbons (Fsp3) is 0.368. The van der Waals surface area contributed by atoms with Crippen molar-refractivity contribution in [1.82, 2.24) is 14.5 Å². The molecule has 2 aromatic heterocycles. The van der Waals surface area contributed by atoms with Crippen molar-refractivity contribution in [2.75, 3.05) is 31.2 Å². The van der Waals surface area contributed by atoms with Crippen molar-refractivity contribution >= 4 is 16.6 Å². The van der Waals surface area contributed by atoms with Crippen LogP contribution in [0, 0.1) is 13.8 Å². The second-order valence-electron chi connectivity index (χ2n) is 6.40. The smallest absolute Gasteiger partial charge is 0.125 e. The number of hydrogen-bond donors (Lipinski definition) is 0. The third-order valence-electron chi connectivity index (χ3n) is 4.70. The van der Waals surface area contributed by atoms with E-state index in [-0.39, 0.29) is 0 Å². The summed E-state index contributed by atoms with van der Waals surface area (Å²) in [7, 11) is 2.10. The van der Waals surface area contributed by atoms with Gasteiger partial charge >= 0.3 is 0 Å². The Bertz CT molecular complexity index is 894. The lowest BCUT2D eigenvalue weighted by Crippen LogP contribution is -2.36. The van der Waals surface area contributed by atoms with E-state index in [2.05, 4.69) is 57.8 Å². The molecule has 3 aromatic rings. The number of fused-ring (bicyclic) bond motifs is 1. The van der Waals surface area contributed by atoms with Crippen LogP contribution in [0.4, 0.5) is 5.69 Å². The van der Waals surface area contributed by atoms with E-state index in [1.807, 2.05) is 13.1 Å². The van der Waals surface area contributed by atoms with E-state index >= 15 is 0 Å². The van der Waals surface area contributed by atoms with Gasteiger partial charge in [-0.1, -0.05) is 6.07 Å². The van der Waals surface area contributed by atoms with E-state index in [0.717, 1.165) is 43.4 Å². The molecule has 24 heavy (non-hydrogen) atoms. The predicted octanol–water partition coefficient (Wildman–Crippen LogP) is 3.09. The summed E-state index contributed by atoms with van der Waals surface area (Å²) in [5.41, 5.74) is 5.78. The molecule has 0 radical (unpaired) electrons. The summed E-state index contributed by atoms with van der Waals surface area (Å²) in [6.07, 6.45) is 4.07. The van der Waals surface area contributed by atoms with E-state index in [0.29, 0.717) is 0 Å². The minimum Gasteiger partial charge on any atom is -0.378 e. The Kier molecular flexibility index (Phi) is 3.73. The van der Waals surface area contributed by atoms with Gasteiger partial charge in [0.05, 0.1) is 24.4 Å². The summed E-state index contributed by atoms with van der Waals surface area (Å²) in [6.45, 7) is 7.51. The fourth-order valence-electron chi connectivity index (χ4n) is 3.38. The highest BCUT2D eigenvalue weighted by atomic mass is 16.5. The second-order valence-corrected chi connectivity index (χ2v) is 6.40. The molecule has 4 rings (SSSR count). The van der Waals surface area contributed by atoms with Crippen LogP contribution in [0.5, 0.6) is 0 Å². The number of aromatic nitrogens is 3. The molecule has 1 aliphatic heterocycles. The number of aryl methyl sites for hydroxylation is 3. The molecule has 0 amide bonds. The molecular weight excluding hydrogens is 300 g/mol. The molecule has 1 fully saturated rings. The lowest BCUT2D eigenvalue weighted by atomic mass is 10.1. The first kappa shape index (κ1) is 15.1. The summed E-state index contributed by atoms with van der Waals surface area (Å²) in [4.78, 5) is 11.3. The maximum atomic E-state index is 5.46. The highest BCUT2D eigenvalue weighted by Crippen LogP contribution is 2.33. The van der Waals surface area contributed by atoms with Crippen LogP contribution >= 0.6 is 0 Å². The third-order valence-corrected chi connectivity index (χ3v) is 4.70. The zero-order chi connectivity index (χ0) is 16.7. The summed E-state index contributed by atoms with van der Waals surface area (Å²) >= 11 is 0. The van der Waals surface area contributed by atoms with Crippen LogP contribution in [0.3, 0.4) is 0 Å². The second kappa shape index (κ2) is 5.91. The van der Waals surface area contributed by atoms with Crippen molar-refractivity contribution in [1.29, 1.82) is 0 Å². The number of morpholine rings is 1. The normalized spacial score (nSPS) is 15.2. The van der Waals surface area contributed by atoms with E-state index in [4.69, 9.17) is 4.74 Å². The lowest BCUT2D eigenvalue weighted by Gasteiger charge is -2.29. The molecule has 0 spiro atoms. The molecule has 0 bridgehead atoms. The number of anilines is 1. The van der Waals surface area contributed by atoms with E-state index < -0.39 is 0 Å². The average Bonchev–Trinajstić information content (AvgIpc) is 2.94. The molecule has 1 aliphatic rings. The Balaban J connectivity index is 1.83. The van der Waals surface area contributed by atoms with Crippen LogP contribution in [0.1, 0.15) is 11.4 Å². The third kappa shape index (κ3) is 2.55. The van der Waals surface area contributed by atoms with Gasteiger partial charge in [-0.3, -0.25) is 0 Å². The van der Waals surface area contributed by atoms with Crippen LogP contribution in [0.2, 0.25) is 0 Å². The van der Waals surface area contributed by atoms with Crippen molar-refractivity contribution < 1.29 is 4.74 Å². The Hall–Kier alpha value is -2.40. The number of benzene rings is 1. The Morgan fingerprint density at radius 1 is 1.12 bits per heavy atom. The van der Waals surface area contributed by atoms with Gasteiger partial charge in [-0.15, -0.1) is 0 Å². The van der Waals surface area contributed by atoms with Gasteiger partial charge in [0, 0.05) is 49.2 Å². The molecule has 0 unspecified atom stereocenters. The largest absolute Gasteiger partial charge is 0.378 e. The summed E-state index contributed by atoms with van der Waals surface area (Å²) in [5.74, 6) is 0.803. The number of ether oxygens (including phenoxy) is 1. The number of rotatable bonds is 2. The van der Waals surface area contributed by atoms with Gasteiger partial charge in [0.1, 0.15) is 5.82 Å². The molecule has 0 aliphatic carbocycles. The summed E-state index contributed by atoms with van der Waals surface area (Å²) in [5, 5.41) is 1.23. The molecular formula is C19H22N4O. The Labute approximate surface area is 141 Å². The van der Waals surface area contributed by atoms with Crippen LogP contribution in [-0.4, -0.2) is 40.8 Å².